The largest absolute Gasteiger partial charge is 0.370 e. The first kappa shape index (κ1) is 14.3. The second-order valence-corrected chi connectivity index (χ2v) is 5.55. The van der Waals surface area contributed by atoms with Gasteiger partial charge in [-0.3, -0.25) is 4.90 Å². The summed E-state index contributed by atoms with van der Waals surface area (Å²) in [5.74, 6) is 0.981. The lowest BCUT2D eigenvalue weighted by Gasteiger charge is -2.35. The molecule has 1 aliphatic rings. The van der Waals surface area contributed by atoms with E-state index in [1.807, 2.05) is 6.20 Å². The van der Waals surface area contributed by atoms with Crippen molar-refractivity contribution in [3.63, 3.8) is 0 Å². The molecule has 0 saturated carbocycles. The van der Waals surface area contributed by atoms with Crippen LogP contribution in [0.2, 0.25) is 0 Å². The van der Waals surface area contributed by atoms with Gasteiger partial charge >= 0.3 is 0 Å². The molecule has 2 rings (SSSR count). The number of likely N-dealkylation sites (tertiary alicyclic amines) is 1. The van der Waals surface area contributed by atoms with Crippen LogP contribution in [0.4, 0.5) is 5.82 Å². The lowest BCUT2D eigenvalue weighted by molar-refractivity contribution is 0.129. The average Bonchev–Trinajstić information content (AvgIpc) is 2.39. The fourth-order valence-electron chi connectivity index (χ4n) is 2.77. The monoisotopic (exact) mass is 262 g/mol. The third kappa shape index (κ3) is 4.18. The Kier molecular flexibility index (Phi) is 5.16. The highest BCUT2D eigenvalue weighted by Gasteiger charge is 2.20. The van der Waals surface area contributed by atoms with E-state index < -0.39 is 0 Å². The van der Waals surface area contributed by atoms with E-state index in [1.54, 1.807) is 0 Å². The van der Waals surface area contributed by atoms with E-state index in [1.165, 1.54) is 31.5 Å². The summed E-state index contributed by atoms with van der Waals surface area (Å²) in [7, 11) is 4.45. The van der Waals surface area contributed by atoms with Crippen LogP contribution >= 0.6 is 0 Å². The lowest BCUT2D eigenvalue weighted by atomic mass is 10.0. The molecule has 1 aromatic heterocycles. The molecule has 2 heterocycles. The van der Waals surface area contributed by atoms with Gasteiger partial charge in [-0.2, -0.15) is 0 Å². The van der Waals surface area contributed by atoms with Crippen molar-refractivity contribution < 1.29 is 0 Å². The van der Waals surface area contributed by atoms with E-state index in [-0.39, 0.29) is 0 Å². The van der Waals surface area contributed by atoms with Crippen molar-refractivity contribution in [2.75, 3.05) is 39.0 Å². The Labute approximate surface area is 116 Å². The van der Waals surface area contributed by atoms with E-state index in [4.69, 9.17) is 0 Å². The Morgan fingerprint density at radius 3 is 3.11 bits per heavy atom. The van der Waals surface area contributed by atoms with Crippen molar-refractivity contribution in [2.24, 2.45) is 0 Å². The van der Waals surface area contributed by atoms with Crippen molar-refractivity contribution >= 4 is 5.82 Å². The van der Waals surface area contributed by atoms with Crippen LogP contribution in [0.1, 0.15) is 25.3 Å². The van der Waals surface area contributed by atoms with Gasteiger partial charge in [0.1, 0.15) is 5.82 Å². The third-order valence-corrected chi connectivity index (χ3v) is 3.84. The molecule has 19 heavy (non-hydrogen) atoms. The van der Waals surface area contributed by atoms with Crippen molar-refractivity contribution in [3.8, 4) is 0 Å². The molecule has 1 saturated heterocycles. The van der Waals surface area contributed by atoms with Gasteiger partial charge in [0.15, 0.2) is 0 Å². The van der Waals surface area contributed by atoms with Crippen molar-refractivity contribution in [1.82, 2.24) is 14.8 Å². The van der Waals surface area contributed by atoms with Crippen molar-refractivity contribution in [3.05, 3.63) is 23.9 Å². The van der Waals surface area contributed by atoms with Gasteiger partial charge in [-0.25, -0.2) is 4.98 Å². The standard InChI is InChI=1S/C15H26N4/c1-4-16-15-10-13(7-8-17-15)11-19(3)14-6-5-9-18(2)12-14/h7-8,10,14H,4-6,9,11-12H2,1-3H3,(H,16,17). The Balaban J connectivity index is 1.94. The molecule has 1 atom stereocenters. The third-order valence-electron chi connectivity index (χ3n) is 3.84. The predicted octanol–water partition coefficient (Wildman–Crippen LogP) is 2.04. The van der Waals surface area contributed by atoms with Crippen LogP contribution in [0, 0.1) is 0 Å². The number of rotatable bonds is 5. The Hall–Kier alpha value is -1.13. The highest BCUT2D eigenvalue weighted by molar-refractivity contribution is 5.37. The SMILES string of the molecule is CCNc1cc(CN(C)C2CCCN(C)C2)ccn1. The lowest BCUT2D eigenvalue weighted by Crippen LogP contribution is -2.44. The second kappa shape index (κ2) is 6.87. The maximum Gasteiger partial charge on any atom is 0.126 e. The van der Waals surface area contributed by atoms with Gasteiger partial charge in [0, 0.05) is 31.9 Å². The molecule has 106 valence electrons. The highest BCUT2D eigenvalue weighted by Crippen LogP contribution is 2.16. The molecule has 4 nitrogen and oxygen atoms in total. The molecular formula is C15H26N4. The number of hydrogen-bond donors (Lipinski definition) is 1. The number of likely N-dealkylation sites (N-methyl/N-ethyl adjacent to an activating group) is 2. The van der Waals surface area contributed by atoms with E-state index >= 15 is 0 Å². The number of aromatic nitrogens is 1. The summed E-state index contributed by atoms with van der Waals surface area (Å²) in [6.45, 7) is 6.43. The zero-order chi connectivity index (χ0) is 13.7. The fourth-order valence-corrected chi connectivity index (χ4v) is 2.77. The number of hydrogen-bond acceptors (Lipinski definition) is 4. The Morgan fingerprint density at radius 1 is 1.53 bits per heavy atom. The minimum absolute atomic E-state index is 0.675. The van der Waals surface area contributed by atoms with E-state index in [0.717, 1.165) is 18.9 Å². The Morgan fingerprint density at radius 2 is 2.37 bits per heavy atom. The minimum atomic E-state index is 0.675. The maximum atomic E-state index is 4.32. The van der Waals surface area contributed by atoms with Crippen LogP contribution in [-0.4, -0.2) is 54.6 Å². The van der Waals surface area contributed by atoms with Crippen LogP contribution in [0.15, 0.2) is 18.3 Å². The summed E-state index contributed by atoms with van der Waals surface area (Å²) >= 11 is 0. The van der Waals surface area contributed by atoms with Crippen LogP contribution in [0.5, 0.6) is 0 Å². The molecule has 4 heteroatoms. The zero-order valence-electron chi connectivity index (χ0n) is 12.4. The molecule has 1 unspecified atom stereocenters. The molecule has 1 aromatic rings. The number of piperidine rings is 1. The van der Waals surface area contributed by atoms with E-state index in [2.05, 4.69) is 53.3 Å². The molecule has 1 N–H and O–H groups in total. The number of nitrogens with one attached hydrogen (secondary N) is 1. The Bertz CT molecular complexity index is 393. The van der Waals surface area contributed by atoms with E-state index in [9.17, 15) is 0 Å². The molecule has 0 spiro atoms. The van der Waals surface area contributed by atoms with Gasteiger partial charge < -0.3 is 10.2 Å². The molecule has 0 aromatic carbocycles. The summed E-state index contributed by atoms with van der Waals surface area (Å²) in [6, 6.07) is 4.95. The van der Waals surface area contributed by atoms with Gasteiger partial charge in [0.2, 0.25) is 0 Å². The molecule has 1 fully saturated rings. The molecule has 0 amide bonds. The predicted molar refractivity (Wildman–Crippen MR) is 80.4 cm³/mol. The topological polar surface area (TPSA) is 31.4 Å². The second-order valence-electron chi connectivity index (χ2n) is 5.55. The van der Waals surface area contributed by atoms with Crippen LogP contribution in [0.3, 0.4) is 0 Å². The zero-order valence-corrected chi connectivity index (χ0v) is 12.4. The van der Waals surface area contributed by atoms with Crippen LogP contribution < -0.4 is 5.32 Å². The maximum absolute atomic E-state index is 4.32. The van der Waals surface area contributed by atoms with Crippen molar-refractivity contribution in [2.45, 2.75) is 32.4 Å². The first-order valence-electron chi connectivity index (χ1n) is 7.26. The number of anilines is 1. The first-order chi connectivity index (χ1) is 9.19. The molecule has 1 aliphatic heterocycles. The summed E-state index contributed by atoms with van der Waals surface area (Å²) in [6.07, 6.45) is 4.52. The first-order valence-corrected chi connectivity index (χ1v) is 7.26. The number of nitrogens with zero attached hydrogens (tertiary/aromatic N) is 3. The summed E-state index contributed by atoms with van der Waals surface area (Å²) in [5.41, 5.74) is 1.33. The summed E-state index contributed by atoms with van der Waals surface area (Å²) in [5, 5.41) is 3.27. The van der Waals surface area contributed by atoms with Gasteiger partial charge in [0.25, 0.3) is 0 Å². The van der Waals surface area contributed by atoms with Gasteiger partial charge in [0.05, 0.1) is 0 Å². The molecule has 0 aliphatic carbocycles. The van der Waals surface area contributed by atoms with Crippen LogP contribution in [0.25, 0.3) is 0 Å². The minimum Gasteiger partial charge on any atom is -0.370 e. The fraction of sp³-hybridized carbons (Fsp3) is 0.667. The van der Waals surface area contributed by atoms with Gasteiger partial charge in [-0.05, 0) is 58.1 Å². The smallest absolute Gasteiger partial charge is 0.126 e. The normalized spacial score (nSPS) is 20.7. The van der Waals surface area contributed by atoms with Gasteiger partial charge in [-0.1, -0.05) is 0 Å². The van der Waals surface area contributed by atoms with E-state index in [0.29, 0.717) is 6.04 Å². The average molecular weight is 262 g/mol. The summed E-state index contributed by atoms with van der Waals surface area (Å²) in [4.78, 5) is 9.23. The molecular weight excluding hydrogens is 236 g/mol. The summed E-state index contributed by atoms with van der Waals surface area (Å²) < 4.78 is 0. The molecule has 0 bridgehead atoms. The molecule has 0 radical (unpaired) electrons. The number of pyridine rings is 1. The highest BCUT2D eigenvalue weighted by atomic mass is 15.2. The quantitative estimate of drug-likeness (QED) is 0.880. The van der Waals surface area contributed by atoms with Crippen LogP contribution in [-0.2, 0) is 6.54 Å². The van der Waals surface area contributed by atoms with Crippen molar-refractivity contribution in [1.29, 1.82) is 0 Å². The van der Waals surface area contributed by atoms with Gasteiger partial charge in [-0.15, -0.1) is 0 Å².